The average molecular weight is 350 g/mol. The average Bonchev–Trinajstić information content (AvgIpc) is 2.62. The van der Waals surface area contributed by atoms with Crippen molar-refractivity contribution < 1.29 is 19.0 Å². The van der Waals surface area contributed by atoms with Crippen molar-refractivity contribution in [3.63, 3.8) is 0 Å². The van der Waals surface area contributed by atoms with E-state index in [4.69, 9.17) is 14.2 Å². The summed E-state index contributed by atoms with van der Waals surface area (Å²) in [6.45, 7) is 9.24. The molecule has 25 heavy (non-hydrogen) atoms. The van der Waals surface area contributed by atoms with Gasteiger partial charge in [0.15, 0.2) is 0 Å². The van der Waals surface area contributed by atoms with E-state index in [0.29, 0.717) is 6.61 Å². The van der Waals surface area contributed by atoms with Crippen LogP contribution < -0.4 is 10.1 Å². The van der Waals surface area contributed by atoms with Crippen molar-refractivity contribution in [1.82, 2.24) is 4.90 Å². The Balaban J connectivity index is 1.70. The first-order valence-electron chi connectivity index (χ1n) is 9.16. The number of amides is 1. The Hall–Kier alpha value is -1.79. The van der Waals surface area contributed by atoms with Crippen molar-refractivity contribution in [2.75, 3.05) is 51.4 Å². The van der Waals surface area contributed by atoms with Crippen molar-refractivity contribution >= 4 is 11.8 Å². The van der Waals surface area contributed by atoms with Gasteiger partial charge >= 0.3 is 6.09 Å². The fraction of sp³-hybridized carbons (Fsp3) is 0.632. The Morgan fingerprint density at radius 1 is 1.24 bits per heavy atom. The monoisotopic (exact) mass is 350 g/mol. The lowest BCUT2D eigenvalue weighted by Crippen LogP contribution is -2.38. The maximum Gasteiger partial charge on any atom is 0.411 e. The Morgan fingerprint density at radius 3 is 2.76 bits per heavy atom. The molecule has 0 aromatic heterocycles. The Morgan fingerprint density at radius 2 is 2.04 bits per heavy atom. The molecular formula is C19H30N2O4. The van der Waals surface area contributed by atoms with Crippen LogP contribution >= 0.6 is 0 Å². The normalized spacial score (nSPS) is 15.0. The lowest BCUT2D eigenvalue weighted by Gasteiger charge is -2.26. The summed E-state index contributed by atoms with van der Waals surface area (Å²) in [5.74, 6) is 0.833. The second-order valence-electron chi connectivity index (χ2n) is 6.25. The van der Waals surface area contributed by atoms with Gasteiger partial charge in [0.1, 0.15) is 12.4 Å². The van der Waals surface area contributed by atoms with Gasteiger partial charge in [0.05, 0.1) is 19.8 Å². The first kappa shape index (κ1) is 19.5. The van der Waals surface area contributed by atoms with E-state index in [9.17, 15) is 4.79 Å². The number of anilines is 1. The number of rotatable bonds is 9. The first-order chi connectivity index (χ1) is 12.2. The summed E-state index contributed by atoms with van der Waals surface area (Å²) in [7, 11) is 0. The van der Waals surface area contributed by atoms with Crippen LogP contribution in [-0.2, 0) is 9.47 Å². The SMILES string of the molecule is CCCCCOc1ccc(NC(=O)OCCN2CCOCC2)c(C)c1. The van der Waals surface area contributed by atoms with Gasteiger partial charge in [-0.1, -0.05) is 19.8 Å². The van der Waals surface area contributed by atoms with Gasteiger partial charge in [-0.25, -0.2) is 4.79 Å². The number of unbranched alkanes of at least 4 members (excludes halogenated alkanes) is 2. The molecule has 1 saturated heterocycles. The maximum atomic E-state index is 11.9. The van der Waals surface area contributed by atoms with Gasteiger partial charge in [-0.05, 0) is 37.1 Å². The second-order valence-corrected chi connectivity index (χ2v) is 6.25. The number of carbonyl (C=O) groups excluding carboxylic acids is 1. The molecule has 140 valence electrons. The fourth-order valence-corrected chi connectivity index (χ4v) is 2.65. The topological polar surface area (TPSA) is 60.0 Å². The number of nitrogens with one attached hydrogen (secondary N) is 1. The van der Waals surface area contributed by atoms with Crippen molar-refractivity contribution in [3.05, 3.63) is 23.8 Å². The van der Waals surface area contributed by atoms with E-state index in [2.05, 4.69) is 17.1 Å². The van der Waals surface area contributed by atoms with Crippen LogP contribution in [-0.4, -0.2) is 57.1 Å². The number of benzene rings is 1. The molecule has 0 spiro atoms. The number of ether oxygens (including phenoxy) is 3. The van der Waals surface area contributed by atoms with E-state index < -0.39 is 6.09 Å². The van der Waals surface area contributed by atoms with E-state index in [1.807, 2.05) is 25.1 Å². The molecule has 1 aliphatic heterocycles. The van der Waals surface area contributed by atoms with E-state index in [1.54, 1.807) is 0 Å². The summed E-state index contributed by atoms with van der Waals surface area (Å²) in [5, 5.41) is 2.79. The van der Waals surface area contributed by atoms with E-state index >= 15 is 0 Å². The molecule has 0 radical (unpaired) electrons. The van der Waals surface area contributed by atoms with E-state index in [1.165, 1.54) is 12.8 Å². The minimum Gasteiger partial charge on any atom is -0.494 e. The minimum absolute atomic E-state index is 0.378. The molecule has 6 heteroatoms. The summed E-state index contributed by atoms with van der Waals surface area (Å²) in [5.41, 5.74) is 1.70. The lowest BCUT2D eigenvalue weighted by molar-refractivity contribution is 0.0290. The zero-order chi connectivity index (χ0) is 17.9. The Labute approximate surface area is 150 Å². The molecular weight excluding hydrogens is 320 g/mol. The maximum absolute atomic E-state index is 11.9. The molecule has 1 amide bonds. The Bertz CT molecular complexity index is 530. The summed E-state index contributed by atoms with van der Waals surface area (Å²) >= 11 is 0. The molecule has 2 rings (SSSR count). The number of hydrogen-bond acceptors (Lipinski definition) is 5. The van der Waals surface area contributed by atoms with Gasteiger partial charge in [-0.3, -0.25) is 10.2 Å². The molecule has 0 saturated carbocycles. The summed E-state index contributed by atoms with van der Waals surface area (Å²) in [4.78, 5) is 14.2. The number of hydrogen-bond donors (Lipinski definition) is 1. The zero-order valence-electron chi connectivity index (χ0n) is 15.4. The highest BCUT2D eigenvalue weighted by molar-refractivity contribution is 5.85. The van der Waals surface area contributed by atoms with Gasteiger partial charge < -0.3 is 14.2 Å². The third-order valence-electron chi connectivity index (χ3n) is 4.20. The third-order valence-corrected chi connectivity index (χ3v) is 4.20. The molecule has 0 aliphatic carbocycles. The van der Waals surface area contributed by atoms with E-state index in [0.717, 1.165) is 62.9 Å². The van der Waals surface area contributed by atoms with Crippen LogP contribution in [0.1, 0.15) is 31.7 Å². The van der Waals surface area contributed by atoms with Crippen LogP contribution in [0, 0.1) is 6.92 Å². The van der Waals surface area contributed by atoms with Crippen LogP contribution in [0.5, 0.6) is 5.75 Å². The molecule has 1 N–H and O–H groups in total. The van der Waals surface area contributed by atoms with Crippen molar-refractivity contribution in [1.29, 1.82) is 0 Å². The van der Waals surface area contributed by atoms with Crippen LogP contribution in [0.15, 0.2) is 18.2 Å². The zero-order valence-corrected chi connectivity index (χ0v) is 15.4. The highest BCUT2D eigenvalue weighted by atomic mass is 16.5. The highest BCUT2D eigenvalue weighted by Gasteiger charge is 2.11. The van der Waals surface area contributed by atoms with Crippen LogP contribution in [0.25, 0.3) is 0 Å². The van der Waals surface area contributed by atoms with Crippen LogP contribution in [0.2, 0.25) is 0 Å². The van der Waals surface area contributed by atoms with Crippen molar-refractivity contribution in [3.8, 4) is 5.75 Å². The summed E-state index contributed by atoms with van der Waals surface area (Å²) < 4.78 is 16.3. The number of nitrogens with zero attached hydrogens (tertiary/aromatic N) is 1. The van der Waals surface area contributed by atoms with Crippen LogP contribution in [0.4, 0.5) is 10.5 Å². The third kappa shape index (κ3) is 7.32. The Kier molecular flexibility index (Phi) is 8.55. The standard InChI is InChI=1S/C19H30N2O4/c1-3-4-5-11-24-17-6-7-18(16(2)15-17)20-19(22)25-14-10-21-8-12-23-13-9-21/h6-7,15H,3-5,8-14H2,1-2H3,(H,20,22). The van der Waals surface area contributed by atoms with Gasteiger partial charge in [0.25, 0.3) is 0 Å². The molecule has 0 atom stereocenters. The number of aryl methyl sites for hydroxylation is 1. The van der Waals surface area contributed by atoms with E-state index in [-0.39, 0.29) is 0 Å². The van der Waals surface area contributed by atoms with Crippen LogP contribution in [0.3, 0.4) is 0 Å². The number of morpholine rings is 1. The molecule has 0 bridgehead atoms. The van der Waals surface area contributed by atoms with Gasteiger partial charge in [-0.15, -0.1) is 0 Å². The molecule has 0 unspecified atom stereocenters. The molecule has 1 fully saturated rings. The molecule has 1 aromatic rings. The van der Waals surface area contributed by atoms with Crippen molar-refractivity contribution in [2.24, 2.45) is 0 Å². The van der Waals surface area contributed by atoms with Crippen molar-refractivity contribution in [2.45, 2.75) is 33.1 Å². The summed E-state index contributed by atoms with van der Waals surface area (Å²) in [6.07, 6.45) is 2.99. The predicted octanol–water partition coefficient (Wildman–Crippen LogP) is 3.44. The lowest BCUT2D eigenvalue weighted by atomic mass is 10.2. The molecule has 1 aliphatic rings. The first-order valence-corrected chi connectivity index (χ1v) is 9.16. The fourth-order valence-electron chi connectivity index (χ4n) is 2.65. The predicted molar refractivity (Wildman–Crippen MR) is 98.4 cm³/mol. The molecule has 6 nitrogen and oxygen atoms in total. The summed E-state index contributed by atoms with van der Waals surface area (Å²) in [6, 6.07) is 5.67. The highest BCUT2D eigenvalue weighted by Crippen LogP contribution is 2.21. The minimum atomic E-state index is -0.423. The van der Waals surface area contributed by atoms with Gasteiger partial charge in [-0.2, -0.15) is 0 Å². The molecule has 1 aromatic carbocycles. The van der Waals surface area contributed by atoms with Gasteiger partial charge in [0.2, 0.25) is 0 Å². The number of carbonyl (C=O) groups is 1. The molecule has 1 heterocycles. The van der Waals surface area contributed by atoms with Gasteiger partial charge in [0, 0.05) is 25.3 Å². The second kappa shape index (κ2) is 10.9. The smallest absolute Gasteiger partial charge is 0.411 e. The largest absolute Gasteiger partial charge is 0.494 e. The quantitative estimate of drug-likeness (QED) is 0.691.